The summed E-state index contributed by atoms with van der Waals surface area (Å²) in [5.41, 5.74) is 5.94. The van der Waals surface area contributed by atoms with Crippen LogP contribution in [0.3, 0.4) is 0 Å². The van der Waals surface area contributed by atoms with E-state index in [0.29, 0.717) is 5.56 Å². The predicted octanol–water partition coefficient (Wildman–Crippen LogP) is 2.54. The van der Waals surface area contributed by atoms with Crippen LogP contribution in [0, 0.1) is 10.1 Å². The number of carbonyl (C=O) groups is 1. The third-order valence-electron chi connectivity index (χ3n) is 2.71. The van der Waals surface area contributed by atoms with Gasteiger partial charge in [-0.25, -0.2) is 4.79 Å². The van der Waals surface area contributed by atoms with Crippen molar-refractivity contribution in [2.45, 2.75) is 0 Å². The second-order valence-corrected chi connectivity index (χ2v) is 3.85. The van der Waals surface area contributed by atoms with Crippen molar-refractivity contribution < 1.29 is 14.8 Å². The molecular weight excluding hydrogens is 248 g/mol. The van der Waals surface area contributed by atoms with Gasteiger partial charge < -0.3 is 10.8 Å². The Bertz CT molecular complexity index is 653. The summed E-state index contributed by atoms with van der Waals surface area (Å²) in [5, 5.41) is 20.0. The van der Waals surface area contributed by atoms with Crippen molar-refractivity contribution in [1.29, 1.82) is 0 Å². The van der Waals surface area contributed by atoms with Crippen LogP contribution in [0.25, 0.3) is 11.1 Å². The van der Waals surface area contributed by atoms with Crippen molar-refractivity contribution in [1.82, 2.24) is 0 Å². The molecule has 0 amide bonds. The molecule has 2 aromatic rings. The van der Waals surface area contributed by atoms with E-state index in [1.807, 2.05) is 0 Å². The van der Waals surface area contributed by atoms with Gasteiger partial charge in [-0.1, -0.05) is 30.3 Å². The lowest BCUT2D eigenvalue weighted by Gasteiger charge is -2.10. The number of rotatable bonds is 3. The molecule has 2 rings (SSSR count). The van der Waals surface area contributed by atoms with Crippen LogP contribution >= 0.6 is 0 Å². The maximum absolute atomic E-state index is 11.2. The summed E-state index contributed by atoms with van der Waals surface area (Å²) in [6.45, 7) is 0. The molecule has 0 aliphatic rings. The Morgan fingerprint density at radius 2 is 1.79 bits per heavy atom. The van der Waals surface area contributed by atoms with E-state index in [0.717, 1.165) is 6.07 Å². The summed E-state index contributed by atoms with van der Waals surface area (Å²) in [6, 6.07) is 10.8. The molecular formula is C13H10N2O4. The van der Waals surface area contributed by atoms with Crippen LogP contribution in [0.1, 0.15) is 10.4 Å². The first kappa shape index (κ1) is 12.6. The molecule has 0 bridgehead atoms. The quantitative estimate of drug-likeness (QED) is 0.499. The number of nitro benzene ring substituents is 1. The fourth-order valence-electron chi connectivity index (χ4n) is 1.86. The standard InChI is InChI=1S/C13H10N2O4/c14-12-10(15(18)19)7-6-9(13(16)17)11(12)8-4-2-1-3-5-8/h1-7H,14H2,(H,16,17). The zero-order valence-corrected chi connectivity index (χ0v) is 9.74. The first-order valence-electron chi connectivity index (χ1n) is 5.38. The Balaban J connectivity index is 2.78. The van der Waals surface area contributed by atoms with Crippen molar-refractivity contribution in [3.63, 3.8) is 0 Å². The van der Waals surface area contributed by atoms with Gasteiger partial charge in [0.1, 0.15) is 5.69 Å². The maximum Gasteiger partial charge on any atom is 0.336 e. The zero-order chi connectivity index (χ0) is 14.0. The molecule has 0 unspecified atom stereocenters. The number of anilines is 1. The Morgan fingerprint density at radius 1 is 1.16 bits per heavy atom. The van der Waals surface area contributed by atoms with Crippen molar-refractivity contribution >= 4 is 17.3 Å². The van der Waals surface area contributed by atoms with Gasteiger partial charge in [0.05, 0.1) is 10.5 Å². The Kier molecular flexibility index (Phi) is 3.15. The smallest absolute Gasteiger partial charge is 0.336 e. The highest BCUT2D eigenvalue weighted by molar-refractivity contribution is 6.01. The van der Waals surface area contributed by atoms with E-state index >= 15 is 0 Å². The second kappa shape index (κ2) is 4.77. The minimum Gasteiger partial charge on any atom is -0.478 e. The Hall–Kier alpha value is -2.89. The molecule has 0 aliphatic carbocycles. The number of hydrogen-bond acceptors (Lipinski definition) is 4. The highest BCUT2D eigenvalue weighted by Crippen LogP contribution is 2.36. The van der Waals surface area contributed by atoms with Crippen LogP contribution in [0.4, 0.5) is 11.4 Å². The normalized spacial score (nSPS) is 10.1. The Labute approximate surface area is 108 Å². The molecule has 0 saturated heterocycles. The molecule has 0 aliphatic heterocycles. The van der Waals surface area contributed by atoms with Gasteiger partial charge in [0.25, 0.3) is 5.69 Å². The monoisotopic (exact) mass is 258 g/mol. The SMILES string of the molecule is Nc1c([N+](=O)[O-])ccc(C(=O)O)c1-c1ccccc1. The minimum atomic E-state index is -1.18. The van der Waals surface area contributed by atoms with Gasteiger partial charge in [-0.05, 0) is 11.6 Å². The number of benzene rings is 2. The van der Waals surface area contributed by atoms with Gasteiger partial charge in [-0.3, -0.25) is 10.1 Å². The maximum atomic E-state index is 11.2. The number of hydrogen-bond donors (Lipinski definition) is 2. The molecule has 2 aromatic carbocycles. The fraction of sp³-hybridized carbons (Fsp3) is 0. The average molecular weight is 258 g/mol. The molecule has 96 valence electrons. The van der Waals surface area contributed by atoms with Crippen LogP contribution in [-0.2, 0) is 0 Å². The van der Waals surface area contributed by atoms with Gasteiger partial charge >= 0.3 is 5.97 Å². The lowest BCUT2D eigenvalue weighted by Crippen LogP contribution is -2.05. The summed E-state index contributed by atoms with van der Waals surface area (Å²) >= 11 is 0. The molecule has 6 heteroatoms. The topological polar surface area (TPSA) is 106 Å². The summed E-state index contributed by atoms with van der Waals surface area (Å²) in [5.74, 6) is -1.18. The van der Waals surface area contributed by atoms with Gasteiger partial charge in [0.15, 0.2) is 0 Å². The number of nitrogens with two attached hydrogens (primary N) is 1. The third-order valence-corrected chi connectivity index (χ3v) is 2.71. The van der Waals surface area contributed by atoms with Crippen LogP contribution in [-0.4, -0.2) is 16.0 Å². The number of carboxylic acids is 1. The average Bonchev–Trinajstić information content (AvgIpc) is 2.38. The van der Waals surface area contributed by atoms with E-state index in [4.69, 9.17) is 10.8 Å². The van der Waals surface area contributed by atoms with Gasteiger partial charge in [-0.15, -0.1) is 0 Å². The molecule has 3 N–H and O–H groups in total. The highest BCUT2D eigenvalue weighted by Gasteiger charge is 2.22. The zero-order valence-electron chi connectivity index (χ0n) is 9.74. The summed E-state index contributed by atoms with van der Waals surface area (Å²) < 4.78 is 0. The van der Waals surface area contributed by atoms with Crippen molar-refractivity contribution in [2.75, 3.05) is 5.73 Å². The van der Waals surface area contributed by atoms with Crippen LogP contribution < -0.4 is 5.73 Å². The first-order valence-corrected chi connectivity index (χ1v) is 5.38. The number of nitrogens with zero attached hydrogens (tertiary/aromatic N) is 1. The molecule has 6 nitrogen and oxygen atoms in total. The number of nitrogen functional groups attached to an aromatic ring is 1. The summed E-state index contributed by atoms with van der Waals surface area (Å²) in [7, 11) is 0. The first-order chi connectivity index (χ1) is 9.02. The van der Waals surface area contributed by atoms with Gasteiger partial charge in [0, 0.05) is 11.6 Å². The van der Waals surface area contributed by atoms with Crippen molar-refractivity contribution in [2.24, 2.45) is 0 Å². The molecule has 0 fully saturated rings. The molecule has 0 spiro atoms. The molecule has 0 atom stereocenters. The van der Waals surface area contributed by atoms with E-state index in [2.05, 4.69) is 0 Å². The predicted molar refractivity (Wildman–Crippen MR) is 69.9 cm³/mol. The van der Waals surface area contributed by atoms with E-state index in [9.17, 15) is 14.9 Å². The van der Waals surface area contributed by atoms with E-state index in [1.54, 1.807) is 30.3 Å². The fourth-order valence-corrected chi connectivity index (χ4v) is 1.86. The number of carboxylic acid groups (broad SMARTS) is 1. The molecule has 0 radical (unpaired) electrons. The van der Waals surface area contributed by atoms with Crippen LogP contribution in [0.5, 0.6) is 0 Å². The van der Waals surface area contributed by atoms with Gasteiger partial charge in [0.2, 0.25) is 0 Å². The summed E-state index contributed by atoms with van der Waals surface area (Å²) in [6.07, 6.45) is 0. The minimum absolute atomic E-state index is 0.0608. The third kappa shape index (κ3) is 2.23. The van der Waals surface area contributed by atoms with Crippen LogP contribution in [0.15, 0.2) is 42.5 Å². The summed E-state index contributed by atoms with van der Waals surface area (Å²) in [4.78, 5) is 21.4. The molecule has 0 aromatic heterocycles. The largest absolute Gasteiger partial charge is 0.478 e. The second-order valence-electron chi connectivity index (χ2n) is 3.85. The van der Waals surface area contributed by atoms with E-state index in [-0.39, 0.29) is 22.5 Å². The number of aromatic carboxylic acids is 1. The lowest BCUT2D eigenvalue weighted by atomic mass is 9.97. The van der Waals surface area contributed by atoms with Crippen LogP contribution in [0.2, 0.25) is 0 Å². The van der Waals surface area contributed by atoms with Crippen molar-refractivity contribution in [3.8, 4) is 11.1 Å². The van der Waals surface area contributed by atoms with Crippen molar-refractivity contribution in [3.05, 3.63) is 58.1 Å². The molecule has 0 saturated carbocycles. The lowest BCUT2D eigenvalue weighted by molar-refractivity contribution is -0.383. The molecule has 0 heterocycles. The Morgan fingerprint density at radius 3 is 2.32 bits per heavy atom. The van der Waals surface area contributed by atoms with E-state index in [1.165, 1.54) is 6.07 Å². The van der Waals surface area contributed by atoms with E-state index < -0.39 is 10.9 Å². The highest BCUT2D eigenvalue weighted by atomic mass is 16.6. The number of nitro groups is 1. The van der Waals surface area contributed by atoms with Gasteiger partial charge in [-0.2, -0.15) is 0 Å². The molecule has 19 heavy (non-hydrogen) atoms.